The Labute approximate surface area is 131 Å². The summed E-state index contributed by atoms with van der Waals surface area (Å²) in [5.41, 5.74) is 4.65. The molecule has 21 heavy (non-hydrogen) atoms. The van der Waals surface area contributed by atoms with Crippen LogP contribution in [0.15, 0.2) is 16.6 Å². The molecule has 0 heterocycles. The van der Waals surface area contributed by atoms with Crippen LogP contribution in [-0.4, -0.2) is 32.3 Å². The van der Waals surface area contributed by atoms with E-state index in [1.54, 1.807) is 13.0 Å². The van der Waals surface area contributed by atoms with Gasteiger partial charge in [0.2, 0.25) is 0 Å². The first-order valence-corrected chi connectivity index (χ1v) is 7.06. The Morgan fingerprint density at radius 1 is 1.19 bits per heavy atom. The van der Waals surface area contributed by atoms with Gasteiger partial charge in [-0.05, 0) is 41.9 Å². The highest BCUT2D eigenvalue weighted by Gasteiger charge is 2.15. The van der Waals surface area contributed by atoms with Crippen molar-refractivity contribution in [2.75, 3.05) is 20.3 Å². The molecule has 0 fully saturated rings. The summed E-state index contributed by atoms with van der Waals surface area (Å²) in [5.74, 6) is 0.410. The molecule has 0 spiro atoms. The van der Waals surface area contributed by atoms with Gasteiger partial charge in [0.05, 0.1) is 24.8 Å². The molecule has 0 saturated carbocycles. The molecule has 2 N–H and O–H groups in total. The number of ether oxygens (including phenoxy) is 3. The zero-order valence-corrected chi connectivity index (χ0v) is 13.6. The van der Waals surface area contributed by atoms with Gasteiger partial charge in [-0.15, -0.1) is 0 Å². The first-order chi connectivity index (χ1) is 10.0. The van der Waals surface area contributed by atoms with Crippen LogP contribution in [-0.2, 0) is 4.74 Å². The molecule has 1 rings (SSSR count). The summed E-state index contributed by atoms with van der Waals surface area (Å²) in [6.45, 7) is 4.18. The average Bonchev–Trinajstić information content (AvgIpc) is 2.47. The van der Waals surface area contributed by atoms with E-state index in [9.17, 15) is 9.59 Å². The average molecular weight is 361 g/mol. The second kappa shape index (κ2) is 8.35. The van der Waals surface area contributed by atoms with E-state index < -0.39 is 12.0 Å². The molecule has 0 aromatic heterocycles. The Morgan fingerprint density at radius 3 is 2.48 bits per heavy atom. The predicted octanol–water partition coefficient (Wildman–Crippen LogP) is 2.25. The SMILES string of the molecule is CCOC(=O)NNC(=O)c1cc(Br)c(OCC)c(OC)c1. The number of amides is 2. The standard InChI is InChI=1S/C13H17BrN2O5/c1-4-20-11-9(14)6-8(7-10(11)19-3)12(17)15-16-13(18)21-5-2/h6-7H,4-5H2,1-3H3,(H,15,17)(H,16,18). The van der Waals surface area contributed by atoms with Crippen molar-refractivity contribution in [1.82, 2.24) is 10.9 Å². The molecule has 8 heteroatoms. The highest BCUT2D eigenvalue weighted by atomic mass is 79.9. The molecule has 0 atom stereocenters. The zero-order valence-electron chi connectivity index (χ0n) is 12.0. The fourth-order valence-electron chi connectivity index (χ4n) is 1.48. The van der Waals surface area contributed by atoms with E-state index in [0.29, 0.717) is 28.1 Å². The normalized spacial score (nSPS) is 9.71. The molecular formula is C13H17BrN2O5. The lowest BCUT2D eigenvalue weighted by molar-refractivity contribution is 0.0912. The molecule has 7 nitrogen and oxygen atoms in total. The number of methoxy groups -OCH3 is 1. The van der Waals surface area contributed by atoms with Gasteiger partial charge in [-0.2, -0.15) is 0 Å². The van der Waals surface area contributed by atoms with E-state index >= 15 is 0 Å². The van der Waals surface area contributed by atoms with E-state index in [4.69, 9.17) is 9.47 Å². The number of benzene rings is 1. The van der Waals surface area contributed by atoms with Crippen molar-refractivity contribution in [3.63, 3.8) is 0 Å². The van der Waals surface area contributed by atoms with Crippen LogP contribution in [0.4, 0.5) is 4.79 Å². The van der Waals surface area contributed by atoms with Gasteiger partial charge in [-0.1, -0.05) is 0 Å². The third-order valence-electron chi connectivity index (χ3n) is 2.33. The van der Waals surface area contributed by atoms with E-state index in [0.717, 1.165) is 0 Å². The van der Waals surface area contributed by atoms with Crippen molar-refractivity contribution in [2.45, 2.75) is 13.8 Å². The van der Waals surface area contributed by atoms with Crippen molar-refractivity contribution in [2.24, 2.45) is 0 Å². The van der Waals surface area contributed by atoms with Crippen LogP contribution in [0, 0.1) is 0 Å². The topological polar surface area (TPSA) is 85.9 Å². The molecule has 1 aromatic rings. The number of rotatable bonds is 5. The summed E-state index contributed by atoms with van der Waals surface area (Å²) in [6, 6.07) is 3.08. The Morgan fingerprint density at radius 2 is 1.90 bits per heavy atom. The van der Waals surface area contributed by atoms with Crippen LogP contribution in [0.25, 0.3) is 0 Å². The van der Waals surface area contributed by atoms with Gasteiger partial charge >= 0.3 is 6.09 Å². The quantitative estimate of drug-likeness (QED) is 0.786. The van der Waals surface area contributed by atoms with Crippen molar-refractivity contribution in [3.05, 3.63) is 22.2 Å². The van der Waals surface area contributed by atoms with Crippen LogP contribution in [0.3, 0.4) is 0 Å². The number of halogens is 1. The lowest BCUT2D eigenvalue weighted by Crippen LogP contribution is -2.41. The fraction of sp³-hybridized carbons (Fsp3) is 0.385. The molecule has 2 amide bonds. The molecular weight excluding hydrogens is 344 g/mol. The Hall–Kier alpha value is -1.96. The van der Waals surface area contributed by atoms with Gasteiger partial charge in [0.15, 0.2) is 11.5 Å². The minimum atomic E-state index is -0.734. The van der Waals surface area contributed by atoms with Crippen LogP contribution >= 0.6 is 15.9 Å². The number of nitrogens with one attached hydrogen (secondary N) is 2. The molecule has 1 aromatic carbocycles. The third kappa shape index (κ3) is 4.82. The predicted molar refractivity (Wildman–Crippen MR) is 79.5 cm³/mol. The maximum absolute atomic E-state index is 11.9. The first kappa shape index (κ1) is 17.1. The summed E-state index contributed by atoms with van der Waals surface area (Å²) >= 11 is 3.32. The number of carbonyl (C=O) groups excluding carboxylic acids is 2. The molecule has 0 saturated heterocycles. The summed E-state index contributed by atoms with van der Waals surface area (Å²) in [5, 5.41) is 0. The van der Waals surface area contributed by atoms with E-state index in [1.807, 2.05) is 6.92 Å². The molecule has 0 aliphatic rings. The number of hydrogen-bond donors (Lipinski definition) is 2. The Balaban J connectivity index is 2.85. The van der Waals surface area contributed by atoms with Gasteiger partial charge in [0.1, 0.15) is 0 Å². The van der Waals surface area contributed by atoms with Crippen LogP contribution in [0.1, 0.15) is 24.2 Å². The molecule has 116 valence electrons. The zero-order chi connectivity index (χ0) is 15.8. The molecule has 0 aliphatic heterocycles. The summed E-state index contributed by atoms with van der Waals surface area (Å²) < 4.78 is 15.8. The van der Waals surface area contributed by atoms with Gasteiger partial charge in [0.25, 0.3) is 5.91 Å². The maximum Gasteiger partial charge on any atom is 0.426 e. The fourth-order valence-corrected chi connectivity index (χ4v) is 2.04. The summed E-state index contributed by atoms with van der Waals surface area (Å²) in [4.78, 5) is 23.1. The highest BCUT2D eigenvalue weighted by Crippen LogP contribution is 2.36. The van der Waals surface area contributed by atoms with Crippen molar-refractivity contribution in [1.29, 1.82) is 0 Å². The smallest absolute Gasteiger partial charge is 0.426 e. The maximum atomic E-state index is 11.9. The summed E-state index contributed by atoms with van der Waals surface area (Å²) in [6.07, 6.45) is -0.734. The second-order valence-corrected chi connectivity index (χ2v) is 4.58. The number of carbonyl (C=O) groups is 2. The van der Waals surface area contributed by atoms with Gasteiger partial charge in [-0.25, -0.2) is 10.2 Å². The van der Waals surface area contributed by atoms with Gasteiger partial charge in [0, 0.05) is 5.56 Å². The van der Waals surface area contributed by atoms with E-state index in [2.05, 4.69) is 31.5 Å². The lowest BCUT2D eigenvalue weighted by atomic mass is 10.2. The van der Waals surface area contributed by atoms with Crippen molar-refractivity contribution < 1.29 is 23.8 Å². The highest BCUT2D eigenvalue weighted by molar-refractivity contribution is 9.10. The molecule has 0 aliphatic carbocycles. The van der Waals surface area contributed by atoms with Crippen molar-refractivity contribution in [3.8, 4) is 11.5 Å². The molecule has 0 unspecified atom stereocenters. The van der Waals surface area contributed by atoms with Crippen molar-refractivity contribution >= 4 is 27.9 Å². The van der Waals surface area contributed by atoms with Crippen LogP contribution in [0.2, 0.25) is 0 Å². The van der Waals surface area contributed by atoms with Gasteiger partial charge < -0.3 is 14.2 Å². The monoisotopic (exact) mass is 360 g/mol. The lowest BCUT2D eigenvalue weighted by Gasteiger charge is -2.13. The molecule has 0 bridgehead atoms. The largest absolute Gasteiger partial charge is 0.493 e. The minimum absolute atomic E-state index is 0.212. The van der Waals surface area contributed by atoms with Crippen LogP contribution < -0.4 is 20.3 Å². The number of hydrogen-bond acceptors (Lipinski definition) is 5. The third-order valence-corrected chi connectivity index (χ3v) is 2.92. The van der Waals surface area contributed by atoms with Gasteiger partial charge in [-0.3, -0.25) is 10.2 Å². The van der Waals surface area contributed by atoms with E-state index in [-0.39, 0.29) is 6.61 Å². The Kier molecular flexibility index (Phi) is 6.80. The number of hydrazine groups is 1. The minimum Gasteiger partial charge on any atom is -0.493 e. The first-order valence-electron chi connectivity index (χ1n) is 6.26. The van der Waals surface area contributed by atoms with E-state index in [1.165, 1.54) is 13.2 Å². The summed E-state index contributed by atoms with van der Waals surface area (Å²) in [7, 11) is 1.48. The Bertz CT molecular complexity index is 522. The molecule has 0 radical (unpaired) electrons. The van der Waals surface area contributed by atoms with Crippen LogP contribution in [0.5, 0.6) is 11.5 Å². The second-order valence-electron chi connectivity index (χ2n) is 3.72.